The molecule has 1 aliphatic rings. The minimum Gasteiger partial charge on any atom is -0.463 e. The van der Waals surface area contributed by atoms with Crippen LogP contribution in [-0.2, 0) is 0 Å². The Morgan fingerprint density at radius 2 is 2.00 bits per heavy atom. The third-order valence-corrected chi connectivity index (χ3v) is 4.14. The van der Waals surface area contributed by atoms with E-state index in [1.165, 1.54) is 0 Å². The number of nitrogens with one attached hydrogen (secondary N) is 2. The van der Waals surface area contributed by atoms with Crippen molar-refractivity contribution in [3.05, 3.63) is 70.2 Å². The van der Waals surface area contributed by atoms with Gasteiger partial charge in [0, 0.05) is 5.56 Å². The number of benzene rings is 1. The van der Waals surface area contributed by atoms with Crippen molar-refractivity contribution in [2.45, 2.75) is 6.04 Å². The highest BCUT2D eigenvalue weighted by molar-refractivity contribution is 5.73. The lowest BCUT2D eigenvalue weighted by Gasteiger charge is -2.27. The number of rotatable bonds is 2. The highest BCUT2D eigenvalue weighted by Gasteiger charge is 2.34. The normalized spacial score (nSPS) is 15.3. The molecular weight excluding hydrogens is 322 g/mol. The van der Waals surface area contributed by atoms with Crippen LogP contribution in [0.15, 0.2) is 57.9 Å². The average Bonchev–Trinajstić information content (AvgIpc) is 3.33. The van der Waals surface area contributed by atoms with E-state index in [0.717, 1.165) is 5.56 Å². The first kappa shape index (κ1) is 13.7. The number of anilines is 2. The summed E-state index contributed by atoms with van der Waals surface area (Å²) in [6.07, 6.45) is 1.56. The van der Waals surface area contributed by atoms with Gasteiger partial charge in [0.25, 0.3) is 5.56 Å². The first-order valence-corrected chi connectivity index (χ1v) is 7.59. The van der Waals surface area contributed by atoms with E-state index < -0.39 is 6.04 Å². The molecule has 4 aromatic rings. The summed E-state index contributed by atoms with van der Waals surface area (Å²) in [6, 6.07) is 12.8. The van der Waals surface area contributed by atoms with E-state index in [1.54, 1.807) is 23.1 Å². The van der Waals surface area contributed by atoms with Gasteiger partial charge < -0.3 is 9.73 Å². The first-order valence-electron chi connectivity index (χ1n) is 7.59. The maximum absolute atomic E-state index is 12.4. The number of furan rings is 1. The van der Waals surface area contributed by atoms with Gasteiger partial charge >= 0.3 is 0 Å². The van der Waals surface area contributed by atoms with E-state index in [2.05, 4.69) is 31.0 Å². The fourth-order valence-corrected chi connectivity index (χ4v) is 3.08. The van der Waals surface area contributed by atoms with Crippen molar-refractivity contribution < 1.29 is 4.42 Å². The molecule has 2 N–H and O–H groups in total. The predicted molar refractivity (Wildman–Crippen MR) is 87.3 cm³/mol. The summed E-state index contributed by atoms with van der Waals surface area (Å²) in [6.45, 7) is 0. The Kier molecular flexibility index (Phi) is 2.80. The van der Waals surface area contributed by atoms with E-state index >= 15 is 0 Å². The second kappa shape index (κ2) is 5.13. The SMILES string of the molecule is O=c1[nH]nc(-c2ccco2)c2c1Nc1nnnn1C2c1ccccc1. The third kappa shape index (κ3) is 1.99. The lowest BCUT2D eigenvalue weighted by Crippen LogP contribution is -2.29. The van der Waals surface area contributed by atoms with Crippen LogP contribution in [0.4, 0.5) is 11.6 Å². The zero-order chi connectivity index (χ0) is 16.8. The zero-order valence-electron chi connectivity index (χ0n) is 12.7. The quantitative estimate of drug-likeness (QED) is 0.505. The smallest absolute Gasteiger partial charge is 0.288 e. The third-order valence-electron chi connectivity index (χ3n) is 4.14. The molecule has 4 heterocycles. The van der Waals surface area contributed by atoms with Crippen LogP contribution in [0.1, 0.15) is 17.2 Å². The van der Waals surface area contributed by atoms with Crippen molar-refractivity contribution in [1.29, 1.82) is 0 Å². The Labute approximate surface area is 140 Å². The van der Waals surface area contributed by atoms with E-state index in [9.17, 15) is 4.79 Å². The van der Waals surface area contributed by atoms with Crippen molar-refractivity contribution in [1.82, 2.24) is 30.4 Å². The molecule has 5 rings (SSSR count). The van der Waals surface area contributed by atoms with Gasteiger partial charge in [0.1, 0.15) is 17.4 Å². The summed E-state index contributed by atoms with van der Waals surface area (Å²) in [7, 11) is 0. The summed E-state index contributed by atoms with van der Waals surface area (Å²) in [5, 5.41) is 21.5. The molecule has 1 unspecified atom stereocenters. The minimum atomic E-state index is -0.405. The monoisotopic (exact) mass is 333 g/mol. The van der Waals surface area contributed by atoms with Gasteiger partial charge in [-0.05, 0) is 28.1 Å². The molecular formula is C16H11N7O2. The molecule has 0 bridgehead atoms. The van der Waals surface area contributed by atoms with Gasteiger partial charge in [0.2, 0.25) is 5.95 Å². The molecule has 9 heteroatoms. The van der Waals surface area contributed by atoms with E-state index in [0.29, 0.717) is 28.7 Å². The van der Waals surface area contributed by atoms with Crippen LogP contribution < -0.4 is 10.9 Å². The summed E-state index contributed by atoms with van der Waals surface area (Å²) in [5.74, 6) is 0.940. The highest BCUT2D eigenvalue weighted by Crippen LogP contribution is 2.40. The van der Waals surface area contributed by atoms with Crippen molar-refractivity contribution in [3.63, 3.8) is 0 Å². The summed E-state index contributed by atoms with van der Waals surface area (Å²) < 4.78 is 7.14. The van der Waals surface area contributed by atoms with Gasteiger partial charge in [-0.3, -0.25) is 4.79 Å². The van der Waals surface area contributed by atoms with Gasteiger partial charge in [0.05, 0.1) is 6.26 Å². The van der Waals surface area contributed by atoms with Crippen molar-refractivity contribution in [2.24, 2.45) is 0 Å². The molecule has 0 spiro atoms. The van der Waals surface area contributed by atoms with Crippen LogP contribution in [0.25, 0.3) is 11.5 Å². The molecule has 122 valence electrons. The van der Waals surface area contributed by atoms with Crippen molar-refractivity contribution in [2.75, 3.05) is 5.32 Å². The first-order chi connectivity index (χ1) is 12.3. The van der Waals surface area contributed by atoms with Crippen LogP contribution in [0.2, 0.25) is 0 Å². The summed E-state index contributed by atoms with van der Waals surface area (Å²) in [4.78, 5) is 12.4. The molecule has 25 heavy (non-hydrogen) atoms. The van der Waals surface area contributed by atoms with Gasteiger partial charge in [-0.25, -0.2) is 5.10 Å². The maximum atomic E-state index is 12.4. The Hall–Kier alpha value is -3.75. The van der Waals surface area contributed by atoms with Gasteiger partial charge in [-0.1, -0.05) is 35.4 Å². The van der Waals surface area contributed by atoms with Gasteiger partial charge in [-0.2, -0.15) is 9.78 Å². The van der Waals surface area contributed by atoms with Crippen LogP contribution >= 0.6 is 0 Å². The molecule has 0 saturated heterocycles. The molecule has 3 aromatic heterocycles. The second-order valence-corrected chi connectivity index (χ2v) is 5.55. The topological polar surface area (TPSA) is 115 Å². The largest absolute Gasteiger partial charge is 0.463 e. The maximum Gasteiger partial charge on any atom is 0.288 e. The minimum absolute atomic E-state index is 0.347. The average molecular weight is 333 g/mol. The molecule has 9 nitrogen and oxygen atoms in total. The molecule has 0 saturated carbocycles. The Bertz CT molecular complexity index is 1100. The molecule has 0 aliphatic carbocycles. The number of hydrogen-bond donors (Lipinski definition) is 2. The molecule has 0 fully saturated rings. The van der Waals surface area contributed by atoms with Gasteiger partial charge in [0.15, 0.2) is 5.76 Å². The second-order valence-electron chi connectivity index (χ2n) is 5.55. The number of fused-ring (bicyclic) bond motifs is 2. The molecule has 0 radical (unpaired) electrons. The number of aromatic amines is 1. The summed E-state index contributed by atoms with van der Waals surface area (Å²) in [5.41, 5.74) is 2.13. The number of hydrogen-bond acceptors (Lipinski definition) is 7. The number of nitrogens with zero attached hydrogens (tertiary/aromatic N) is 5. The standard InChI is InChI=1S/C16H11N7O2/c24-15-13-11(12(18-19-15)10-7-4-8-25-10)14(9-5-2-1-3-6-9)23-16(17-13)20-21-22-23/h1-8,14H,(H,19,24)(H,17,20,22). The molecule has 1 aromatic carbocycles. The van der Waals surface area contributed by atoms with E-state index in [4.69, 9.17) is 4.42 Å². The molecule has 1 atom stereocenters. The zero-order valence-corrected chi connectivity index (χ0v) is 12.7. The van der Waals surface area contributed by atoms with Crippen LogP contribution in [0, 0.1) is 0 Å². The molecule has 0 amide bonds. The lowest BCUT2D eigenvalue weighted by molar-refractivity contribution is 0.554. The number of tetrazole rings is 1. The van der Waals surface area contributed by atoms with Crippen LogP contribution in [-0.4, -0.2) is 30.4 Å². The number of H-pyrrole nitrogens is 1. The Morgan fingerprint density at radius 1 is 1.12 bits per heavy atom. The highest BCUT2D eigenvalue weighted by atomic mass is 16.3. The van der Waals surface area contributed by atoms with Gasteiger partial charge in [-0.15, -0.1) is 0 Å². The fraction of sp³-hybridized carbons (Fsp3) is 0.0625. The summed E-state index contributed by atoms with van der Waals surface area (Å²) >= 11 is 0. The number of aromatic nitrogens is 6. The van der Waals surface area contributed by atoms with E-state index in [1.807, 2.05) is 30.3 Å². The Balaban J connectivity index is 1.85. The predicted octanol–water partition coefficient (Wildman–Crippen LogP) is 1.71. The van der Waals surface area contributed by atoms with Crippen molar-refractivity contribution >= 4 is 11.6 Å². The van der Waals surface area contributed by atoms with Crippen LogP contribution in [0.5, 0.6) is 0 Å². The lowest BCUT2D eigenvalue weighted by atomic mass is 9.94. The fourth-order valence-electron chi connectivity index (χ4n) is 3.08. The van der Waals surface area contributed by atoms with Crippen molar-refractivity contribution in [3.8, 4) is 11.5 Å². The van der Waals surface area contributed by atoms with Crippen LogP contribution in [0.3, 0.4) is 0 Å². The van der Waals surface area contributed by atoms with E-state index in [-0.39, 0.29) is 5.56 Å². The Morgan fingerprint density at radius 3 is 2.80 bits per heavy atom. The molecule has 1 aliphatic heterocycles.